The van der Waals surface area contributed by atoms with E-state index in [9.17, 15) is 4.57 Å². The Morgan fingerprint density at radius 1 is 1.80 bits per heavy atom. The van der Waals surface area contributed by atoms with E-state index in [1.807, 2.05) is 0 Å². The zero-order valence-electron chi connectivity index (χ0n) is 6.28. The van der Waals surface area contributed by atoms with Crippen LogP contribution in [0.3, 0.4) is 0 Å². The van der Waals surface area contributed by atoms with Gasteiger partial charge in [0.15, 0.2) is 0 Å². The van der Waals surface area contributed by atoms with Gasteiger partial charge in [0.1, 0.15) is 0 Å². The van der Waals surface area contributed by atoms with Gasteiger partial charge in [0.2, 0.25) is 0 Å². The van der Waals surface area contributed by atoms with Crippen LogP contribution < -0.4 is 0 Å². The monoisotopic (exact) mass is 164 g/mol. The predicted octanol–water partition coefficient (Wildman–Crippen LogP) is 1.78. The van der Waals surface area contributed by atoms with Crippen LogP contribution in [0, 0.1) is 0 Å². The van der Waals surface area contributed by atoms with Gasteiger partial charge in [0.05, 0.1) is 12.3 Å². The van der Waals surface area contributed by atoms with Crippen LogP contribution in [0.2, 0.25) is 0 Å². The molecule has 0 bridgehead atoms. The van der Waals surface area contributed by atoms with E-state index in [0.717, 1.165) is 0 Å². The summed E-state index contributed by atoms with van der Waals surface area (Å²) in [6.45, 7) is 6.77. The van der Waals surface area contributed by atoms with Crippen LogP contribution in [-0.2, 0) is 9.09 Å². The van der Waals surface area contributed by atoms with E-state index in [1.165, 1.54) is 6.08 Å². The molecule has 0 radical (unpaired) electrons. The van der Waals surface area contributed by atoms with Crippen molar-refractivity contribution >= 4 is 7.60 Å². The van der Waals surface area contributed by atoms with Crippen molar-refractivity contribution in [3.63, 3.8) is 0 Å². The van der Waals surface area contributed by atoms with Gasteiger partial charge < -0.3 is 9.42 Å². The van der Waals surface area contributed by atoms with Crippen LogP contribution >= 0.6 is 7.60 Å². The quantitative estimate of drug-likeness (QED) is 0.509. The van der Waals surface area contributed by atoms with Crippen molar-refractivity contribution in [3.05, 3.63) is 12.7 Å². The van der Waals surface area contributed by atoms with Crippen LogP contribution in [0.4, 0.5) is 0 Å². The molecule has 60 valence electrons. The third kappa shape index (κ3) is 4.74. The molecule has 0 aromatic heterocycles. The number of allylic oxidation sites excluding steroid dienone is 1. The molecular formula is C6H13O3P. The molecule has 0 heterocycles. The minimum atomic E-state index is -3.37. The highest BCUT2D eigenvalue weighted by Gasteiger charge is 2.17. The molecule has 0 aromatic rings. The summed E-state index contributed by atoms with van der Waals surface area (Å²) in [7, 11) is -3.37. The summed E-state index contributed by atoms with van der Waals surface area (Å²) < 4.78 is 15.6. The fourth-order valence-corrected chi connectivity index (χ4v) is 1.61. The zero-order chi connectivity index (χ0) is 8.20. The molecule has 0 aromatic carbocycles. The Morgan fingerprint density at radius 3 is 2.60 bits per heavy atom. The summed E-state index contributed by atoms with van der Waals surface area (Å²) in [4.78, 5) is 8.95. The van der Waals surface area contributed by atoms with Crippen molar-refractivity contribution in [3.8, 4) is 0 Å². The first-order valence-electron chi connectivity index (χ1n) is 3.09. The van der Waals surface area contributed by atoms with Crippen LogP contribution in [0.15, 0.2) is 12.7 Å². The minimum absolute atomic E-state index is 0.0190. The van der Waals surface area contributed by atoms with E-state index in [2.05, 4.69) is 6.58 Å². The molecular weight excluding hydrogens is 151 g/mol. The third-order valence-electron chi connectivity index (χ3n) is 0.735. The molecule has 1 atom stereocenters. The van der Waals surface area contributed by atoms with Crippen molar-refractivity contribution in [2.45, 2.75) is 20.0 Å². The van der Waals surface area contributed by atoms with Crippen LogP contribution in [0.25, 0.3) is 0 Å². The second-order valence-electron chi connectivity index (χ2n) is 2.26. The Kier molecular flexibility index (Phi) is 3.87. The zero-order valence-corrected chi connectivity index (χ0v) is 7.17. The predicted molar refractivity (Wildman–Crippen MR) is 41.1 cm³/mol. The van der Waals surface area contributed by atoms with E-state index in [1.54, 1.807) is 13.8 Å². The molecule has 0 saturated heterocycles. The average molecular weight is 164 g/mol. The first-order chi connectivity index (χ1) is 4.48. The number of hydrogen-bond acceptors (Lipinski definition) is 2. The van der Waals surface area contributed by atoms with Gasteiger partial charge in [-0.15, -0.1) is 6.58 Å². The largest absolute Gasteiger partial charge is 0.332 e. The maximum absolute atomic E-state index is 10.9. The van der Waals surface area contributed by atoms with Gasteiger partial charge in [0, 0.05) is 0 Å². The van der Waals surface area contributed by atoms with Gasteiger partial charge in [-0.25, -0.2) is 0 Å². The highest BCUT2D eigenvalue weighted by Crippen LogP contribution is 2.42. The maximum Gasteiger partial charge on any atom is 0.332 e. The van der Waals surface area contributed by atoms with Crippen molar-refractivity contribution in [1.29, 1.82) is 0 Å². The maximum atomic E-state index is 10.9. The van der Waals surface area contributed by atoms with Crippen LogP contribution in [0.5, 0.6) is 0 Å². The molecule has 0 rings (SSSR count). The number of rotatable bonds is 4. The summed E-state index contributed by atoms with van der Waals surface area (Å²) in [5.74, 6) is 0. The minimum Gasteiger partial charge on any atom is -0.324 e. The molecule has 0 aliphatic rings. The topological polar surface area (TPSA) is 46.5 Å². The standard InChI is InChI=1S/C6H13O3P/c1-4-5-10(7,8)9-6(2)3/h4,6H,1,5H2,2-3H3,(H,7,8). The Bertz CT molecular complexity index is 153. The Labute approximate surface area is 61.2 Å². The normalized spacial score (nSPS) is 16.8. The highest BCUT2D eigenvalue weighted by molar-refractivity contribution is 7.53. The van der Waals surface area contributed by atoms with Gasteiger partial charge in [-0.3, -0.25) is 4.57 Å². The Morgan fingerprint density at radius 2 is 2.30 bits per heavy atom. The third-order valence-corrected chi connectivity index (χ3v) is 2.21. The van der Waals surface area contributed by atoms with Gasteiger partial charge in [-0.2, -0.15) is 0 Å². The first kappa shape index (κ1) is 9.89. The van der Waals surface area contributed by atoms with Crippen LogP contribution in [-0.4, -0.2) is 17.2 Å². The molecule has 3 nitrogen and oxygen atoms in total. The van der Waals surface area contributed by atoms with E-state index < -0.39 is 7.60 Å². The molecule has 1 N–H and O–H groups in total. The molecule has 0 amide bonds. The average Bonchev–Trinajstić information content (AvgIpc) is 1.59. The molecule has 10 heavy (non-hydrogen) atoms. The molecule has 0 spiro atoms. The van der Waals surface area contributed by atoms with Crippen molar-refractivity contribution in [1.82, 2.24) is 0 Å². The van der Waals surface area contributed by atoms with Crippen LogP contribution in [0.1, 0.15) is 13.8 Å². The summed E-state index contributed by atoms with van der Waals surface area (Å²) in [6.07, 6.45) is 1.18. The fraction of sp³-hybridized carbons (Fsp3) is 0.667. The molecule has 1 unspecified atom stereocenters. The van der Waals surface area contributed by atoms with Gasteiger partial charge in [-0.1, -0.05) is 6.08 Å². The highest BCUT2D eigenvalue weighted by atomic mass is 31.2. The van der Waals surface area contributed by atoms with Gasteiger partial charge >= 0.3 is 7.60 Å². The summed E-state index contributed by atoms with van der Waals surface area (Å²) >= 11 is 0. The van der Waals surface area contributed by atoms with Gasteiger partial charge in [0.25, 0.3) is 0 Å². The SMILES string of the molecule is C=CCP(=O)(O)OC(C)C. The van der Waals surface area contributed by atoms with E-state index in [0.29, 0.717) is 0 Å². The smallest absolute Gasteiger partial charge is 0.324 e. The Balaban J connectivity index is 3.87. The van der Waals surface area contributed by atoms with E-state index >= 15 is 0 Å². The van der Waals surface area contributed by atoms with Crippen molar-refractivity contribution in [2.75, 3.05) is 6.16 Å². The lowest BCUT2D eigenvalue weighted by atomic mass is 10.5. The molecule has 0 saturated carbocycles. The lowest BCUT2D eigenvalue weighted by molar-refractivity contribution is 0.206. The molecule has 0 aliphatic heterocycles. The summed E-state index contributed by atoms with van der Waals surface area (Å²) in [6, 6.07) is 0. The van der Waals surface area contributed by atoms with E-state index in [-0.39, 0.29) is 12.3 Å². The molecule has 0 aliphatic carbocycles. The molecule has 4 heteroatoms. The van der Waals surface area contributed by atoms with Crippen molar-refractivity contribution in [2.24, 2.45) is 0 Å². The number of hydrogen-bond donors (Lipinski definition) is 1. The summed E-state index contributed by atoms with van der Waals surface area (Å²) in [5, 5.41) is 0. The molecule has 0 fully saturated rings. The second kappa shape index (κ2) is 3.91. The Hall–Kier alpha value is -0.110. The van der Waals surface area contributed by atoms with E-state index in [4.69, 9.17) is 9.42 Å². The summed E-state index contributed by atoms with van der Waals surface area (Å²) in [5.41, 5.74) is 0. The first-order valence-corrected chi connectivity index (χ1v) is 4.85. The second-order valence-corrected chi connectivity index (χ2v) is 4.11. The lowest BCUT2D eigenvalue weighted by Crippen LogP contribution is -2.01. The van der Waals surface area contributed by atoms with Crippen molar-refractivity contribution < 1.29 is 14.0 Å². The fourth-order valence-electron chi connectivity index (χ4n) is 0.536. The van der Waals surface area contributed by atoms with Gasteiger partial charge in [-0.05, 0) is 13.8 Å². The lowest BCUT2D eigenvalue weighted by Gasteiger charge is -2.12.